The van der Waals surface area contributed by atoms with Crippen LogP contribution in [0.15, 0.2) is 66.7 Å². The summed E-state index contributed by atoms with van der Waals surface area (Å²) in [5.74, 6) is 1.12. The van der Waals surface area contributed by atoms with Crippen LogP contribution in [0, 0.1) is 0 Å². The van der Waals surface area contributed by atoms with Gasteiger partial charge in [0.25, 0.3) is 0 Å². The average molecular weight is 273 g/mol. The number of nitrogens with two attached hydrogens (primary N) is 1. The summed E-state index contributed by atoms with van der Waals surface area (Å²) in [6.07, 6.45) is 7.75. The Kier molecular flexibility index (Phi) is 3.74. The highest BCUT2D eigenvalue weighted by Crippen LogP contribution is 2.17. The number of allylic oxidation sites excluding steroid dienone is 2. The first-order chi connectivity index (χ1) is 10.3. The molecule has 0 aliphatic heterocycles. The van der Waals surface area contributed by atoms with Crippen LogP contribution in [-0.2, 0) is 0 Å². The topological polar surface area (TPSA) is 51.8 Å². The Morgan fingerprint density at radius 3 is 2.33 bits per heavy atom. The fourth-order valence-electron chi connectivity index (χ4n) is 2.07. The first-order valence-electron chi connectivity index (χ1n) is 6.75. The van der Waals surface area contributed by atoms with E-state index in [2.05, 4.69) is 22.1 Å². The van der Waals surface area contributed by atoms with Crippen molar-refractivity contribution in [3.05, 3.63) is 78.1 Å². The maximum absolute atomic E-state index is 5.95. The van der Waals surface area contributed by atoms with Crippen LogP contribution in [0.4, 0.5) is 5.82 Å². The molecule has 2 aromatic carbocycles. The highest BCUT2D eigenvalue weighted by Gasteiger charge is 2.01. The van der Waals surface area contributed by atoms with Crippen molar-refractivity contribution in [3.8, 4) is 0 Å². The minimum absolute atomic E-state index is 0.507. The van der Waals surface area contributed by atoms with E-state index < -0.39 is 0 Å². The fraction of sp³-hybridized carbons (Fsp3) is 0. The number of fused-ring (bicyclic) bond motifs is 1. The van der Waals surface area contributed by atoms with E-state index in [0.717, 1.165) is 16.5 Å². The Bertz CT molecular complexity index is 805. The van der Waals surface area contributed by atoms with E-state index in [0.29, 0.717) is 11.6 Å². The zero-order valence-electron chi connectivity index (χ0n) is 11.5. The number of para-hydroxylation sites is 1. The van der Waals surface area contributed by atoms with E-state index >= 15 is 0 Å². The lowest BCUT2D eigenvalue weighted by Gasteiger charge is -2.01. The van der Waals surface area contributed by atoms with Crippen molar-refractivity contribution in [2.45, 2.75) is 0 Å². The number of anilines is 1. The highest BCUT2D eigenvalue weighted by molar-refractivity contribution is 5.88. The van der Waals surface area contributed by atoms with Gasteiger partial charge in [0.15, 0.2) is 5.82 Å². The van der Waals surface area contributed by atoms with Gasteiger partial charge in [-0.05, 0) is 23.8 Å². The molecule has 0 atom stereocenters. The SMILES string of the molecule is Nc1nc(C=CC=Cc2ccccc2)nc2ccccc12. The molecule has 0 saturated carbocycles. The Morgan fingerprint density at radius 2 is 1.48 bits per heavy atom. The maximum atomic E-state index is 5.95. The van der Waals surface area contributed by atoms with Crippen molar-refractivity contribution in [1.82, 2.24) is 9.97 Å². The standard InChI is InChI=1S/C18H15N3/c19-18-15-11-5-6-12-16(15)20-17(21-18)13-7-4-10-14-8-2-1-3-9-14/h1-13H,(H2,19,20,21). The molecule has 3 rings (SSSR count). The van der Waals surface area contributed by atoms with E-state index in [9.17, 15) is 0 Å². The molecule has 0 amide bonds. The molecule has 0 radical (unpaired) electrons. The van der Waals surface area contributed by atoms with Gasteiger partial charge in [0.2, 0.25) is 0 Å². The lowest BCUT2D eigenvalue weighted by Crippen LogP contribution is -1.96. The fourth-order valence-corrected chi connectivity index (χ4v) is 2.07. The summed E-state index contributed by atoms with van der Waals surface area (Å²) in [6.45, 7) is 0. The molecule has 2 N–H and O–H groups in total. The number of nitrogens with zero attached hydrogens (tertiary/aromatic N) is 2. The van der Waals surface area contributed by atoms with E-state index in [1.165, 1.54) is 0 Å². The zero-order chi connectivity index (χ0) is 14.5. The van der Waals surface area contributed by atoms with E-state index in [1.54, 1.807) is 0 Å². The van der Waals surface area contributed by atoms with Gasteiger partial charge in [-0.1, -0.05) is 60.7 Å². The molecule has 1 heterocycles. The molecule has 3 nitrogen and oxygen atoms in total. The molecule has 102 valence electrons. The molecule has 3 heteroatoms. The van der Waals surface area contributed by atoms with Crippen LogP contribution in [-0.4, -0.2) is 9.97 Å². The number of nitrogen functional groups attached to an aromatic ring is 1. The molecule has 0 saturated heterocycles. The third kappa shape index (κ3) is 3.15. The summed E-state index contributed by atoms with van der Waals surface area (Å²) in [7, 11) is 0. The summed E-state index contributed by atoms with van der Waals surface area (Å²) in [5, 5.41) is 0.884. The van der Waals surface area contributed by atoms with Crippen LogP contribution >= 0.6 is 0 Å². The smallest absolute Gasteiger partial charge is 0.154 e. The Balaban J connectivity index is 1.82. The largest absolute Gasteiger partial charge is 0.383 e. The molecule has 1 aromatic heterocycles. The van der Waals surface area contributed by atoms with Gasteiger partial charge in [0.05, 0.1) is 5.52 Å². The highest BCUT2D eigenvalue weighted by atomic mass is 14.9. The second-order valence-electron chi connectivity index (χ2n) is 4.61. The van der Waals surface area contributed by atoms with Gasteiger partial charge in [0.1, 0.15) is 5.82 Å². The minimum atomic E-state index is 0.507. The van der Waals surface area contributed by atoms with Gasteiger partial charge in [-0.3, -0.25) is 0 Å². The summed E-state index contributed by atoms with van der Waals surface area (Å²) < 4.78 is 0. The molecule has 0 aliphatic rings. The number of aromatic nitrogens is 2. The third-order valence-corrected chi connectivity index (χ3v) is 3.09. The van der Waals surface area contributed by atoms with Crippen LogP contribution in [0.5, 0.6) is 0 Å². The summed E-state index contributed by atoms with van der Waals surface area (Å²) in [6, 6.07) is 17.9. The first-order valence-corrected chi connectivity index (χ1v) is 6.75. The Hall–Kier alpha value is -2.94. The van der Waals surface area contributed by atoms with Crippen LogP contribution in [0.1, 0.15) is 11.4 Å². The molecule has 21 heavy (non-hydrogen) atoms. The van der Waals surface area contributed by atoms with Gasteiger partial charge in [0, 0.05) is 5.39 Å². The van der Waals surface area contributed by atoms with Gasteiger partial charge in [-0.25, -0.2) is 9.97 Å². The molecule has 0 aliphatic carbocycles. The predicted molar refractivity (Wildman–Crippen MR) is 88.5 cm³/mol. The van der Waals surface area contributed by atoms with Crippen LogP contribution in [0.25, 0.3) is 23.1 Å². The lowest BCUT2D eigenvalue weighted by atomic mass is 10.2. The molecular formula is C18H15N3. The lowest BCUT2D eigenvalue weighted by molar-refractivity contribution is 1.19. The molecule has 0 bridgehead atoms. The van der Waals surface area contributed by atoms with Crippen molar-refractivity contribution in [3.63, 3.8) is 0 Å². The number of benzene rings is 2. The van der Waals surface area contributed by atoms with Crippen LogP contribution < -0.4 is 5.73 Å². The third-order valence-electron chi connectivity index (χ3n) is 3.09. The Labute approximate surface area is 123 Å². The first kappa shape index (κ1) is 13.1. The number of hydrogen-bond acceptors (Lipinski definition) is 3. The second kappa shape index (κ2) is 6.01. The molecular weight excluding hydrogens is 258 g/mol. The second-order valence-corrected chi connectivity index (χ2v) is 4.61. The van der Waals surface area contributed by atoms with Crippen molar-refractivity contribution in [2.24, 2.45) is 0 Å². The predicted octanol–water partition coefficient (Wildman–Crippen LogP) is 3.94. The van der Waals surface area contributed by atoms with Crippen molar-refractivity contribution in [2.75, 3.05) is 5.73 Å². The van der Waals surface area contributed by atoms with Gasteiger partial charge in [-0.15, -0.1) is 0 Å². The zero-order valence-corrected chi connectivity index (χ0v) is 11.5. The maximum Gasteiger partial charge on any atom is 0.154 e. The monoisotopic (exact) mass is 273 g/mol. The van der Waals surface area contributed by atoms with Crippen molar-refractivity contribution >= 4 is 28.9 Å². The summed E-state index contributed by atoms with van der Waals surface area (Å²) >= 11 is 0. The Morgan fingerprint density at radius 1 is 0.762 bits per heavy atom. The molecule has 0 spiro atoms. The van der Waals surface area contributed by atoms with E-state index in [4.69, 9.17) is 5.73 Å². The normalized spacial score (nSPS) is 11.6. The molecule has 3 aromatic rings. The van der Waals surface area contributed by atoms with Crippen molar-refractivity contribution < 1.29 is 0 Å². The van der Waals surface area contributed by atoms with Crippen molar-refractivity contribution in [1.29, 1.82) is 0 Å². The number of hydrogen-bond donors (Lipinski definition) is 1. The quantitative estimate of drug-likeness (QED) is 0.735. The summed E-state index contributed by atoms with van der Waals surface area (Å²) in [5.41, 5.74) is 7.96. The van der Waals surface area contributed by atoms with Gasteiger partial charge >= 0.3 is 0 Å². The van der Waals surface area contributed by atoms with E-state index in [-0.39, 0.29) is 0 Å². The van der Waals surface area contributed by atoms with Gasteiger partial charge in [-0.2, -0.15) is 0 Å². The molecule has 0 unspecified atom stereocenters. The molecule has 0 fully saturated rings. The van der Waals surface area contributed by atoms with Gasteiger partial charge < -0.3 is 5.73 Å². The number of rotatable bonds is 3. The van der Waals surface area contributed by atoms with Crippen LogP contribution in [0.2, 0.25) is 0 Å². The van der Waals surface area contributed by atoms with Crippen LogP contribution in [0.3, 0.4) is 0 Å². The summed E-state index contributed by atoms with van der Waals surface area (Å²) in [4.78, 5) is 8.76. The minimum Gasteiger partial charge on any atom is -0.383 e. The average Bonchev–Trinajstić information content (AvgIpc) is 2.53. The van der Waals surface area contributed by atoms with E-state index in [1.807, 2.05) is 66.8 Å².